The highest BCUT2D eigenvalue weighted by atomic mass is 16.5. The monoisotopic (exact) mass is 273 g/mol. The molecule has 0 aromatic heterocycles. The molecule has 0 bridgehead atoms. The maximum atomic E-state index is 11.9. The summed E-state index contributed by atoms with van der Waals surface area (Å²) in [5.74, 6) is 2.63. The van der Waals surface area contributed by atoms with Gasteiger partial charge in [-0.25, -0.2) is 4.79 Å². The van der Waals surface area contributed by atoms with Crippen molar-refractivity contribution in [2.24, 2.45) is 0 Å². The van der Waals surface area contributed by atoms with Crippen LogP contribution in [0.4, 0.5) is 4.79 Å². The Balaban J connectivity index is 1.87. The molecular weight excluding hydrogens is 254 g/mol. The highest BCUT2D eigenvalue weighted by molar-refractivity contribution is 5.68. The Hall–Kier alpha value is -1.99. The Labute approximate surface area is 119 Å². The fourth-order valence-corrected chi connectivity index (χ4v) is 2.28. The lowest BCUT2D eigenvalue weighted by molar-refractivity contribution is 0.0363. The zero-order chi connectivity index (χ0) is 14.3. The highest BCUT2D eigenvalue weighted by Crippen LogP contribution is 2.24. The smallest absolute Gasteiger partial charge is 0.407 e. The first-order valence-corrected chi connectivity index (χ1v) is 6.74. The third kappa shape index (κ3) is 4.01. The molecule has 1 aliphatic rings. The minimum absolute atomic E-state index is 0.259. The van der Waals surface area contributed by atoms with Crippen LogP contribution in [0.5, 0.6) is 0 Å². The maximum absolute atomic E-state index is 11.9. The van der Waals surface area contributed by atoms with E-state index in [2.05, 4.69) is 11.2 Å². The van der Waals surface area contributed by atoms with Crippen molar-refractivity contribution in [3.05, 3.63) is 35.9 Å². The fourth-order valence-electron chi connectivity index (χ4n) is 2.28. The zero-order valence-electron chi connectivity index (χ0n) is 11.4. The average molecular weight is 273 g/mol. The normalized spacial score (nSPS) is 16.9. The van der Waals surface area contributed by atoms with Crippen LogP contribution < -0.4 is 5.32 Å². The number of nitrogens with one attached hydrogen (secondary N) is 1. The molecule has 0 aliphatic carbocycles. The van der Waals surface area contributed by atoms with Gasteiger partial charge in [-0.05, 0) is 18.4 Å². The van der Waals surface area contributed by atoms with Crippen LogP contribution >= 0.6 is 0 Å². The van der Waals surface area contributed by atoms with Gasteiger partial charge in [-0.15, -0.1) is 12.3 Å². The Morgan fingerprint density at radius 3 is 2.70 bits per heavy atom. The van der Waals surface area contributed by atoms with Crippen molar-refractivity contribution in [2.75, 3.05) is 13.2 Å². The lowest BCUT2D eigenvalue weighted by Crippen LogP contribution is -2.51. The molecule has 0 spiro atoms. The van der Waals surface area contributed by atoms with E-state index in [-0.39, 0.29) is 12.1 Å². The Kier molecular flexibility index (Phi) is 5.03. The fraction of sp³-hybridized carbons (Fsp3) is 0.438. The van der Waals surface area contributed by atoms with E-state index < -0.39 is 6.09 Å². The second-order valence-electron chi connectivity index (χ2n) is 4.96. The van der Waals surface area contributed by atoms with Crippen LogP contribution in [0.25, 0.3) is 0 Å². The summed E-state index contributed by atoms with van der Waals surface area (Å²) in [5.41, 5.74) is 0.571. The van der Waals surface area contributed by atoms with Crippen molar-refractivity contribution in [3.63, 3.8) is 0 Å². The molecule has 2 rings (SSSR count). The minimum atomic E-state index is -0.425. The van der Waals surface area contributed by atoms with Crippen molar-refractivity contribution in [2.45, 2.75) is 31.4 Å². The predicted molar refractivity (Wildman–Crippen MR) is 76.0 cm³/mol. The van der Waals surface area contributed by atoms with Crippen molar-refractivity contribution < 1.29 is 14.3 Å². The van der Waals surface area contributed by atoms with E-state index >= 15 is 0 Å². The van der Waals surface area contributed by atoms with Gasteiger partial charge in [0.25, 0.3) is 0 Å². The molecule has 1 saturated heterocycles. The average Bonchev–Trinajstić information content (AvgIpc) is 2.47. The van der Waals surface area contributed by atoms with Crippen LogP contribution in [0, 0.1) is 12.3 Å². The summed E-state index contributed by atoms with van der Waals surface area (Å²) in [6.07, 6.45) is 6.91. The third-order valence-corrected chi connectivity index (χ3v) is 3.47. The molecule has 4 nitrogen and oxygen atoms in total. The van der Waals surface area contributed by atoms with Crippen LogP contribution in [-0.4, -0.2) is 24.8 Å². The molecule has 0 radical (unpaired) electrons. The lowest BCUT2D eigenvalue weighted by Gasteiger charge is -2.36. The summed E-state index contributed by atoms with van der Waals surface area (Å²) in [7, 11) is 0. The van der Waals surface area contributed by atoms with Crippen molar-refractivity contribution in [3.8, 4) is 12.3 Å². The van der Waals surface area contributed by atoms with Crippen LogP contribution in [-0.2, 0) is 16.1 Å². The van der Waals surface area contributed by atoms with Gasteiger partial charge in [0.05, 0.1) is 5.54 Å². The third-order valence-electron chi connectivity index (χ3n) is 3.47. The molecule has 0 atom stereocenters. The first-order chi connectivity index (χ1) is 9.74. The SMILES string of the molecule is C#CCC1(NC(=O)OCc2ccccc2)CCOCC1. The van der Waals surface area contributed by atoms with Crippen LogP contribution in [0.2, 0.25) is 0 Å². The summed E-state index contributed by atoms with van der Waals surface area (Å²) in [4.78, 5) is 11.9. The number of benzene rings is 1. The molecule has 1 N–H and O–H groups in total. The largest absolute Gasteiger partial charge is 0.445 e. The van der Waals surface area contributed by atoms with Gasteiger partial charge in [-0.1, -0.05) is 30.3 Å². The molecule has 20 heavy (non-hydrogen) atoms. The van der Waals surface area contributed by atoms with E-state index in [0.29, 0.717) is 19.6 Å². The van der Waals surface area contributed by atoms with E-state index in [4.69, 9.17) is 15.9 Å². The van der Waals surface area contributed by atoms with Crippen molar-refractivity contribution in [1.82, 2.24) is 5.32 Å². The first kappa shape index (κ1) is 14.4. The van der Waals surface area contributed by atoms with Crippen molar-refractivity contribution in [1.29, 1.82) is 0 Å². The first-order valence-electron chi connectivity index (χ1n) is 6.74. The molecule has 1 fully saturated rings. The molecule has 4 heteroatoms. The minimum Gasteiger partial charge on any atom is -0.445 e. The van der Waals surface area contributed by atoms with Gasteiger partial charge < -0.3 is 14.8 Å². The molecule has 0 saturated carbocycles. The number of alkyl carbamates (subject to hydrolysis) is 1. The molecule has 1 amide bonds. The Morgan fingerprint density at radius 1 is 1.35 bits per heavy atom. The predicted octanol–water partition coefficient (Wildman–Crippen LogP) is 2.49. The number of hydrogen-bond donors (Lipinski definition) is 1. The topological polar surface area (TPSA) is 47.6 Å². The number of terminal acetylenes is 1. The molecule has 1 heterocycles. The molecule has 1 aliphatic heterocycles. The second kappa shape index (κ2) is 6.97. The lowest BCUT2D eigenvalue weighted by atomic mass is 9.87. The van der Waals surface area contributed by atoms with Crippen molar-refractivity contribution >= 4 is 6.09 Å². The number of hydrogen-bond acceptors (Lipinski definition) is 3. The van der Waals surface area contributed by atoms with Gasteiger partial charge in [0, 0.05) is 19.6 Å². The Morgan fingerprint density at radius 2 is 2.05 bits per heavy atom. The molecule has 0 unspecified atom stereocenters. The van der Waals surface area contributed by atoms with E-state index in [9.17, 15) is 4.79 Å². The maximum Gasteiger partial charge on any atom is 0.407 e. The van der Waals surface area contributed by atoms with Crippen LogP contribution in [0.1, 0.15) is 24.8 Å². The Bertz CT molecular complexity index is 472. The number of carbonyl (C=O) groups excluding carboxylic acids is 1. The van der Waals surface area contributed by atoms with Gasteiger partial charge >= 0.3 is 6.09 Å². The zero-order valence-corrected chi connectivity index (χ0v) is 11.4. The van der Waals surface area contributed by atoms with E-state index in [0.717, 1.165) is 18.4 Å². The second-order valence-corrected chi connectivity index (χ2v) is 4.96. The molecule has 1 aromatic rings. The molecule has 1 aromatic carbocycles. The standard InChI is InChI=1S/C16H19NO3/c1-2-8-16(9-11-19-12-10-16)17-15(18)20-13-14-6-4-3-5-7-14/h1,3-7H,8-13H2,(H,17,18). The summed E-state index contributed by atoms with van der Waals surface area (Å²) in [6.45, 7) is 1.48. The quantitative estimate of drug-likeness (QED) is 0.857. The van der Waals surface area contributed by atoms with Gasteiger partial charge in [-0.3, -0.25) is 0 Å². The summed E-state index contributed by atoms with van der Waals surface area (Å²) in [6, 6.07) is 9.58. The van der Waals surface area contributed by atoms with E-state index in [1.165, 1.54) is 0 Å². The van der Waals surface area contributed by atoms with Gasteiger partial charge in [-0.2, -0.15) is 0 Å². The van der Waals surface area contributed by atoms with Gasteiger partial charge in [0.2, 0.25) is 0 Å². The number of ether oxygens (including phenoxy) is 2. The summed E-state index contributed by atoms with van der Waals surface area (Å²) >= 11 is 0. The number of carbonyl (C=O) groups is 1. The van der Waals surface area contributed by atoms with Gasteiger partial charge in [0.1, 0.15) is 6.61 Å². The number of amides is 1. The summed E-state index contributed by atoms with van der Waals surface area (Å²) in [5, 5.41) is 2.92. The van der Waals surface area contributed by atoms with E-state index in [1.54, 1.807) is 0 Å². The van der Waals surface area contributed by atoms with E-state index in [1.807, 2.05) is 30.3 Å². The number of rotatable bonds is 4. The van der Waals surface area contributed by atoms with Gasteiger partial charge in [0.15, 0.2) is 0 Å². The van der Waals surface area contributed by atoms with Crippen LogP contribution in [0.3, 0.4) is 0 Å². The molecular formula is C16H19NO3. The van der Waals surface area contributed by atoms with Crippen LogP contribution in [0.15, 0.2) is 30.3 Å². The summed E-state index contributed by atoms with van der Waals surface area (Å²) < 4.78 is 10.6. The highest BCUT2D eigenvalue weighted by Gasteiger charge is 2.33. The molecule has 106 valence electrons.